The van der Waals surface area contributed by atoms with Crippen molar-refractivity contribution < 1.29 is 19.1 Å². The molecule has 0 aromatic heterocycles. The van der Waals surface area contributed by atoms with E-state index in [-0.39, 0.29) is 17.7 Å². The molecule has 1 heterocycles. The van der Waals surface area contributed by atoms with Crippen LogP contribution in [0.25, 0.3) is 0 Å². The van der Waals surface area contributed by atoms with E-state index in [1.807, 2.05) is 50.2 Å². The second-order valence-electron chi connectivity index (χ2n) is 6.24. The molecule has 0 bridgehead atoms. The molecule has 0 unspecified atom stereocenters. The monoisotopic (exact) mass is 419 g/mol. The van der Waals surface area contributed by atoms with E-state index >= 15 is 0 Å². The maximum Gasteiger partial charge on any atom is 0.289 e. The summed E-state index contributed by atoms with van der Waals surface area (Å²) >= 11 is 7.23. The maximum absolute atomic E-state index is 12.8. The molecule has 2 amide bonds. The summed E-state index contributed by atoms with van der Waals surface area (Å²) in [6.07, 6.45) is 0.445. The number of ether oxygens (including phenoxy) is 2. The van der Waals surface area contributed by atoms with Crippen LogP contribution in [-0.2, 0) is 17.8 Å². The van der Waals surface area contributed by atoms with Crippen LogP contribution in [0.2, 0.25) is 5.02 Å². The van der Waals surface area contributed by atoms with E-state index in [0.717, 1.165) is 22.9 Å². The smallest absolute Gasteiger partial charge is 0.289 e. The lowest BCUT2D eigenvalue weighted by Gasteiger charge is -2.15. The Hall–Kier alpha value is -2.18. The van der Waals surface area contributed by atoms with Gasteiger partial charge in [-0.1, -0.05) is 47.6 Å². The normalized spacial score (nSPS) is 16.5. The molecule has 1 fully saturated rings. The lowest BCUT2D eigenvalue weighted by Crippen LogP contribution is -2.31. The van der Waals surface area contributed by atoms with E-state index in [4.69, 9.17) is 21.1 Å². The van der Waals surface area contributed by atoms with Gasteiger partial charge >= 0.3 is 0 Å². The molecule has 1 aliphatic rings. The van der Waals surface area contributed by atoms with Gasteiger partial charge in [-0.05, 0) is 49.6 Å². The van der Waals surface area contributed by atoms with Crippen LogP contribution in [0.3, 0.4) is 0 Å². The standard InChI is InChI=1S/C21H22ClNO4S/c1-3-26-17-10-9-14(11-18(17)27-4-2)12-19-20(24)23(21(25)28-19)13-15-7-5-6-8-16(15)22/h5-11,19H,3-4,12-13H2,1-2H3/t19-/m0/s1. The minimum Gasteiger partial charge on any atom is -0.490 e. The van der Waals surface area contributed by atoms with Gasteiger partial charge in [0.1, 0.15) is 0 Å². The van der Waals surface area contributed by atoms with Crippen molar-refractivity contribution in [2.45, 2.75) is 32.1 Å². The van der Waals surface area contributed by atoms with Crippen molar-refractivity contribution in [3.8, 4) is 11.5 Å². The molecule has 3 rings (SSSR count). The molecule has 1 aliphatic heterocycles. The summed E-state index contributed by atoms with van der Waals surface area (Å²) < 4.78 is 11.2. The number of hydrogen-bond donors (Lipinski definition) is 0. The summed E-state index contributed by atoms with van der Waals surface area (Å²) in [5.41, 5.74) is 1.68. The van der Waals surface area contributed by atoms with Crippen LogP contribution >= 0.6 is 23.4 Å². The van der Waals surface area contributed by atoms with Gasteiger partial charge in [0.25, 0.3) is 5.24 Å². The zero-order valence-corrected chi connectivity index (χ0v) is 17.4. The molecule has 148 valence electrons. The van der Waals surface area contributed by atoms with Gasteiger partial charge in [-0.2, -0.15) is 0 Å². The second-order valence-corrected chi connectivity index (χ2v) is 7.80. The Morgan fingerprint density at radius 3 is 2.46 bits per heavy atom. The van der Waals surface area contributed by atoms with E-state index in [0.29, 0.717) is 36.2 Å². The summed E-state index contributed by atoms with van der Waals surface area (Å²) in [7, 11) is 0. The number of carbonyl (C=O) groups is 2. The van der Waals surface area contributed by atoms with Crippen LogP contribution < -0.4 is 9.47 Å². The minimum absolute atomic E-state index is 0.189. The van der Waals surface area contributed by atoms with Crippen LogP contribution in [0.4, 0.5) is 4.79 Å². The number of rotatable bonds is 8. The number of imide groups is 1. The molecule has 7 heteroatoms. The number of carbonyl (C=O) groups excluding carboxylic acids is 2. The van der Waals surface area contributed by atoms with Crippen LogP contribution in [-0.4, -0.2) is 34.5 Å². The Bertz CT molecular complexity index is 873. The predicted octanol–water partition coefficient (Wildman–Crippen LogP) is 4.94. The molecular formula is C21H22ClNO4S. The summed E-state index contributed by atoms with van der Waals surface area (Å²) in [4.78, 5) is 26.5. The topological polar surface area (TPSA) is 55.8 Å². The van der Waals surface area contributed by atoms with Gasteiger partial charge in [0, 0.05) is 5.02 Å². The van der Waals surface area contributed by atoms with Crippen molar-refractivity contribution >= 4 is 34.5 Å². The number of hydrogen-bond acceptors (Lipinski definition) is 5. The molecule has 1 atom stereocenters. The molecule has 2 aromatic rings. The van der Waals surface area contributed by atoms with Gasteiger partial charge < -0.3 is 9.47 Å². The SMILES string of the molecule is CCOc1ccc(C[C@@H]2SC(=O)N(Cc3ccccc3Cl)C2=O)cc1OCC. The Morgan fingerprint density at radius 2 is 1.75 bits per heavy atom. The van der Waals surface area contributed by atoms with Gasteiger partial charge in [0.05, 0.1) is 25.0 Å². The Balaban J connectivity index is 1.73. The van der Waals surface area contributed by atoms with Crippen molar-refractivity contribution in [2.24, 2.45) is 0 Å². The first-order valence-corrected chi connectivity index (χ1v) is 10.4. The zero-order chi connectivity index (χ0) is 20.1. The summed E-state index contributed by atoms with van der Waals surface area (Å²) in [6.45, 7) is 5.07. The average molecular weight is 420 g/mol. The van der Waals surface area contributed by atoms with Crippen LogP contribution in [0.5, 0.6) is 11.5 Å². The number of halogens is 1. The maximum atomic E-state index is 12.8. The van der Waals surface area contributed by atoms with Gasteiger partial charge in [0.15, 0.2) is 11.5 Å². The molecule has 1 saturated heterocycles. The minimum atomic E-state index is -0.456. The van der Waals surface area contributed by atoms with Crippen LogP contribution in [0, 0.1) is 0 Å². The fourth-order valence-corrected chi connectivity index (χ4v) is 4.23. The first-order chi connectivity index (χ1) is 13.5. The van der Waals surface area contributed by atoms with Gasteiger partial charge in [-0.25, -0.2) is 0 Å². The molecule has 0 saturated carbocycles. The Labute approximate surface area is 174 Å². The first-order valence-electron chi connectivity index (χ1n) is 9.17. The van der Waals surface area contributed by atoms with Crippen molar-refractivity contribution in [2.75, 3.05) is 13.2 Å². The number of nitrogens with zero attached hydrogens (tertiary/aromatic N) is 1. The summed E-state index contributed by atoms with van der Waals surface area (Å²) in [5, 5.41) is -0.155. The highest BCUT2D eigenvalue weighted by molar-refractivity contribution is 8.15. The molecule has 5 nitrogen and oxygen atoms in total. The third-order valence-corrected chi connectivity index (χ3v) is 5.76. The van der Waals surface area contributed by atoms with E-state index in [1.54, 1.807) is 6.07 Å². The molecule has 0 radical (unpaired) electrons. The fourth-order valence-electron chi connectivity index (χ4n) is 3.00. The average Bonchev–Trinajstić information content (AvgIpc) is 2.93. The van der Waals surface area contributed by atoms with Gasteiger partial charge in [-0.3, -0.25) is 14.5 Å². The predicted molar refractivity (Wildman–Crippen MR) is 111 cm³/mol. The van der Waals surface area contributed by atoms with E-state index in [9.17, 15) is 9.59 Å². The molecule has 0 aliphatic carbocycles. The lowest BCUT2D eigenvalue weighted by molar-refractivity contribution is -0.127. The highest BCUT2D eigenvalue weighted by atomic mass is 35.5. The first kappa shape index (κ1) is 20.6. The highest BCUT2D eigenvalue weighted by Gasteiger charge is 2.39. The number of benzene rings is 2. The largest absolute Gasteiger partial charge is 0.490 e. The fraction of sp³-hybridized carbons (Fsp3) is 0.333. The Morgan fingerprint density at radius 1 is 1.04 bits per heavy atom. The third kappa shape index (κ3) is 4.62. The zero-order valence-electron chi connectivity index (χ0n) is 15.8. The summed E-state index contributed by atoms with van der Waals surface area (Å²) in [6, 6.07) is 12.9. The van der Waals surface area contributed by atoms with Gasteiger partial charge in [-0.15, -0.1) is 0 Å². The second kappa shape index (κ2) is 9.34. The van der Waals surface area contributed by atoms with Crippen LogP contribution in [0.1, 0.15) is 25.0 Å². The molecule has 0 N–H and O–H groups in total. The molecule has 28 heavy (non-hydrogen) atoms. The van der Waals surface area contributed by atoms with E-state index in [1.165, 1.54) is 4.90 Å². The van der Waals surface area contributed by atoms with Gasteiger partial charge in [0.2, 0.25) is 5.91 Å². The van der Waals surface area contributed by atoms with E-state index in [2.05, 4.69) is 0 Å². The summed E-state index contributed by atoms with van der Waals surface area (Å²) in [5.74, 6) is 1.13. The molecular weight excluding hydrogens is 398 g/mol. The van der Waals surface area contributed by atoms with Crippen molar-refractivity contribution in [3.05, 3.63) is 58.6 Å². The number of amides is 2. The quantitative estimate of drug-likeness (QED) is 0.606. The van der Waals surface area contributed by atoms with Crippen molar-refractivity contribution in [3.63, 3.8) is 0 Å². The lowest BCUT2D eigenvalue weighted by atomic mass is 10.1. The third-order valence-electron chi connectivity index (χ3n) is 4.32. The Kier molecular flexibility index (Phi) is 6.86. The molecule has 0 spiro atoms. The number of thioether (sulfide) groups is 1. The van der Waals surface area contributed by atoms with Crippen molar-refractivity contribution in [1.29, 1.82) is 0 Å². The van der Waals surface area contributed by atoms with E-state index < -0.39 is 5.25 Å². The molecule has 2 aromatic carbocycles. The van der Waals surface area contributed by atoms with Crippen molar-refractivity contribution in [1.82, 2.24) is 4.90 Å². The van der Waals surface area contributed by atoms with Crippen LogP contribution in [0.15, 0.2) is 42.5 Å². The highest BCUT2D eigenvalue weighted by Crippen LogP contribution is 2.34.